The number of rotatable bonds is 13. The summed E-state index contributed by atoms with van der Waals surface area (Å²) in [7, 11) is 1.27. The lowest BCUT2D eigenvalue weighted by atomic mass is 10.2. The monoisotopic (exact) mass is 602 g/mol. The third-order valence-corrected chi connectivity index (χ3v) is 5.86. The van der Waals surface area contributed by atoms with Crippen LogP contribution < -0.4 is 25.4 Å². The first-order chi connectivity index (χ1) is 21.5. The number of ether oxygens (including phenoxy) is 4. The van der Waals surface area contributed by atoms with Gasteiger partial charge >= 0.3 is 5.97 Å². The quantitative estimate of drug-likeness (QED) is 0.113. The summed E-state index contributed by atoms with van der Waals surface area (Å²) in [6.07, 6.45) is 1.42. The van der Waals surface area contributed by atoms with Gasteiger partial charge in [-0.3, -0.25) is 4.79 Å². The summed E-state index contributed by atoms with van der Waals surface area (Å²) in [5.74, 6) is 0.682. The SMILES string of the molecule is CCOc1cc(/C=N/NC(=O)c2nnn(-c3nonc3N)c2COc2ccccc2)ccc1OCc1ccc(C(=O)OC)o1. The number of para-hydroxylation sites is 1. The summed E-state index contributed by atoms with van der Waals surface area (Å²) in [6.45, 7) is 2.15. The van der Waals surface area contributed by atoms with Gasteiger partial charge in [-0.2, -0.15) is 9.78 Å². The minimum Gasteiger partial charge on any atom is -0.490 e. The largest absolute Gasteiger partial charge is 0.490 e. The minimum absolute atomic E-state index is 0.0477. The Morgan fingerprint density at radius 3 is 2.61 bits per heavy atom. The van der Waals surface area contributed by atoms with Crippen LogP contribution in [0.1, 0.15) is 45.0 Å². The summed E-state index contributed by atoms with van der Waals surface area (Å²) >= 11 is 0. The number of aromatic nitrogens is 5. The number of amides is 1. The average Bonchev–Trinajstić information content (AvgIpc) is 3.79. The highest BCUT2D eigenvalue weighted by atomic mass is 16.6. The Labute approximate surface area is 249 Å². The van der Waals surface area contributed by atoms with E-state index in [4.69, 9.17) is 24.4 Å². The third-order valence-electron chi connectivity index (χ3n) is 5.86. The third kappa shape index (κ3) is 6.81. The van der Waals surface area contributed by atoms with Crippen LogP contribution in [0.3, 0.4) is 0 Å². The van der Waals surface area contributed by atoms with Crippen molar-refractivity contribution in [1.29, 1.82) is 0 Å². The first-order valence-electron chi connectivity index (χ1n) is 13.1. The number of nitrogens with one attached hydrogen (secondary N) is 1. The van der Waals surface area contributed by atoms with Crippen LogP contribution in [0.2, 0.25) is 0 Å². The van der Waals surface area contributed by atoms with Crippen molar-refractivity contribution in [2.45, 2.75) is 20.1 Å². The average molecular weight is 603 g/mol. The zero-order valence-corrected chi connectivity index (χ0v) is 23.5. The van der Waals surface area contributed by atoms with Crippen LogP contribution in [-0.2, 0) is 18.0 Å². The van der Waals surface area contributed by atoms with E-state index in [-0.39, 0.29) is 42.0 Å². The molecular formula is C28H26N8O8. The zero-order chi connectivity index (χ0) is 30.9. The normalized spacial score (nSPS) is 11.0. The van der Waals surface area contributed by atoms with Gasteiger partial charge in [-0.15, -0.1) is 5.10 Å². The summed E-state index contributed by atoms with van der Waals surface area (Å²) in [5.41, 5.74) is 9.02. The molecule has 0 fully saturated rings. The minimum atomic E-state index is -0.663. The molecule has 0 spiro atoms. The van der Waals surface area contributed by atoms with Crippen molar-refractivity contribution in [1.82, 2.24) is 30.7 Å². The number of nitrogens with two attached hydrogens (primary N) is 1. The number of carbonyl (C=O) groups excluding carboxylic acids is 2. The fourth-order valence-corrected chi connectivity index (χ4v) is 3.81. The number of methoxy groups -OCH3 is 1. The number of carbonyl (C=O) groups is 2. The van der Waals surface area contributed by atoms with E-state index in [2.05, 4.69) is 40.5 Å². The van der Waals surface area contributed by atoms with E-state index in [1.807, 2.05) is 25.1 Å². The molecule has 5 rings (SSSR count). The molecule has 0 radical (unpaired) electrons. The molecule has 3 aromatic heterocycles. The number of nitrogens with zero attached hydrogens (tertiary/aromatic N) is 6. The van der Waals surface area contributed by atoms with Crippen molar-refractivity contribution in [3.63, 3.8) is 0 Å². The van der Waals surface area contributed by atoms with E-state index in [9.17, 15) is 9.59 Å². The van der Waals surface area contributed by atoms with Crippen molar-refractivity contribution < 1.29 is 37.6 Å². The van der Waals surface area contributed by atoms with Crippen molar-refractivity contribution in [2.24, 2.45) is 5.10 Å². The lowest BCUT2D eigenvalue weighted by molar-refractivity contribution is 0.0560. The summed E-state index contributed by atoms with van der Waals surface area (Å²) in [5, 5.41) is 19.3. The number of nitrogen functional groups attached to an aromatic ring is 1. The molecule has 0 bridgehead atoms. The van der Waals surface area contributed by atoms with Crippen molar-refractivity contribution in [3.05, 3.63) is 89.1 Å². The van der Waals surface area contributed by atoms with Gasteiger partial charge in [0.05, 0.1) is 19.9 Å². The molecule has 226 valence electrons. The van der Waals surface area contributed by atoms with Gasteiger partial charge in [-0.05, 0) is 65.3 Å². The highest BCUT2D eigenvalue weighted by Gasteiger charge is 2.24. The van der Waals surface area contributed by atoms with Crippen molar-refractivity contribution in [2.75, 3.05) is 19.5 Å². The highest BCUT2D eigenvalue weighted by molar-refractivity contribution is 5.94. The number of esters is 1. The van der Waals surface area contributed by atoms with Gasteiger partial charge in [0.1, 0.15) is 30.4 Å². The highest BCUT2D eigenvalue weighted by Crippen LogP contribution is 2.29. The van der Waals surface area contributed by atoms with Crippen LogP contribution in [0.4, 0.5) is 5.82 Å². The Balaban J connectivity index is 1.28. The summed E-state index contributed by atoms with van der Waals surface area (Å²) < 4.78 is 33.3. The van der Waals surface area contributed by atoms with E-state index in [0.717, 1.165) is 0 Å². The second-order valence-electron chi connectivity index (χ2n) is 8.76. The maximum absolute atomic E-state index is 13.1. The Morgan fingerprint density at radius 1 is 1.02 bits per heavy atom. The van der Waals surface area contributed by atoms with Crippen LogP contribution in [0, 0.1) is 0 Å². The molecule has 0 saturated heterocycles. The molecule has 0 aliphatic carbocycles. The van der Waals surface area contributed by atoms with Crippen LogP contribution in [0.15, 0.2) is 74.8 Å². The standard InChI is InChI=1S/C28H26N8O8/c1-3-40-23-13-17(9-11-21(23)42-15-19-10-12-22(43-19)28(38)39-2)14-30-32-27(37)24-20(16-41-18-7-5-4-6-8-18)36(35-31-24)26-25(29)33-44-34-26/h4-14H,3,15-16H2,1-2H3,(H2,29,33)(H,32,37)/b30-14+. The molecule has 0 unspecified atom stereocenters. The Hall–Kier alpha value is -6.19. The molecule has 16 heteroatoms. The topological polar surface area (TPSA) is 204 Å². The van der Waals surface area contributed by atoms with E-state index in [1.54, 1.807) is 36.4 Å². The van der Waals surface area contributed by atoms with Crippen LogP contribution in [0.5, 0.6) is 17.2 Å². The Morgan fingerprint density at radius 2 is 1.86 bits per heavy atom. The molecule has 0 atom stereocenters. The Bertz CT molecular complexity index is 1760. The molecule has 44 heavy (non-hydrogen) atoms. The molecule has 2 aromatic carbocycles. The fraction of sp³-hybridized carbons (Fsp3) is 0.179. The fourth-order valence-electron chi connectivity index (χ4n) is 3.81. The van der Waals surface area contributed by atoms with Crippen LogP contribution in [-0.4, -0.2) is 57.1 Å². The van der Waals surface area contributed by atoms with E-state index < -0.39 is 11.9 Å². The van der Waals surface area contributed by atoms with Crippen molar-refractivity contribution in [3.8, 4) is 23.1 Å². The van der Waals surface area contributed by atoms with Crippen LogP contribution >= 0.6 is 0 Å². The second kappa shape index (κ2) is 13.6. The number of benzene rings is 2. The number of hydrogen-bond acceptors (Lipinski definition) is 14. The predicted octanol–water partition coefficient (Wildman–Crippen LogP) is 2.93. The first kappa shape index (κ1) is 29.3. The molecule has 0 aliphatic heterocycles. The molecule has 3 N–H and O–H groups in total. The lowest BCUT2D eigenvalue weighted by Gasteiger charge is -2.11. The molecule has 16 nitrogen and oxygen atoms in total. The van der Waals surface area contributed by atoms with Crippen LogP contribution in [0.25, 0.3) is 5.82 Å². The van der Waals surface area contributed by atoms with E-state index in [0.29, 0.717) is 35.2 Å². The zero-order valence-electron chi connectivity index (χ0n) is 23.5. The molecular weight excluding hydrogens is 576 g/mol. The summed E-state index contributed by atoms with van der Waals surface area (Å²) in [6, 6.07) is 17.2. The van der Waals surface area contributed by atoms with Gasteiger partial charge in [0.2, 0.25) is 17.4 Å². The van der Waals surface area contributed by atoms with Crippen molar-refractivity contribution >= 4 is 23.9 Å². The smallest absolute Gasteiger partial charge is 0.373 e. The predicted molar refractivity (Wildman–Crippen MR) is 151 cm³/mol. The van der Waals surface area contributed by atoms with Gasteiger partial charge in [0.25, 0.3) is 5.91 Å². The van der Waals surface area contributed by atoms with Gasteiger partial charge in [0.15, 0.2) is 17.2 Å². The van der Waals surface area contributed by atoms with Gasteiger partial charge in [0, 0.05) is 0 Å². The number of anilines is 1. The van der Waals surface area contributed by atoms with E-state index >= 15 is 0 Å². The maximum atomic E-state index is 13.1. The van der Waals surface area contributed by atoms with Gasteiger partial charge < -0.3 is 29.1 Å². The Kier molecular flexibility index (Phi) is 9.09. The maximum Gasteiger partial charge on any atom is 0.373 e. The number of hydrogen-bond donors (Lipinski definition) is 2. The van der Waals surface area contributed by atoms with E-state index in [1.165, 1.54) is 24.1 Å². The van der Waals surface area contributed by atoms with Gasteiger partial charge in [-0.25, -0.2) is 14.8 Å². The molecule has 0 aliphatic rings. The molecule has 5 aromatic rings. The number of furan rings is 1. The lowest BCUT2D eigenvalue weighted by Crippen LogP contribution is -2.21. The molecule has 3 heterocycles. The molecule has 0 saturated carbocycles. The first-order valence-corrected chi connectivity index (χ1v) is 13.1. The second-order valence-corrected chi connectivity index (χ2v) is 8.76. The van der Waals surface area contributed by atoms with Gasteiger partial charge in [-0.1, -0.05) is 23.4 Å². The number of hydrazone groups is 1. The molecule has 1 amide bonds. The summed E-state index contributed by atoms with van der Waals surface area (Å²) in [4.78, 5) is 24.7.